The van der Waals surface area contributed by atoms with E-state index >= 15 is 0 Å². The number of anilines is 1. The average molecular weight is 297 g/mol. The molecule has 0 radical (unpaired) electrons. The van der Waals surface area contributed by atoms with Gasteiger partial charge in [0.05, 0.1) is 18.0 Å². The molecule has 1 aromatic rings. The molecular formula is C13H19N3O3S. The van der Waals surface area contributed by atoms with E-state index in [1.807, 2.05) is 6.92 Å². The van der Waals surface area contributed by atoms with Gasteiger partial charge in [0.15, 0.2) is 0 Å². The summed E-state index contributed by atoms with van der Waals surface area (Å²) in [5.74, 6) is 0. The SMILES string of the molecule is CC(NC(=O)NC1CC1)c1ccccc1NS(C)(=O)=O. The van der Waals surface area contributed by atoms with Crippen LogP contribution in [0.2, 0.25) is 0 Å². The third kappa shape index (κ3) is 4.41. The molecule has 1 unspecified atom stereocenters. The van der Waals surface area contributed by atoms with Crippen LogP contribution in [0.5, 0.6) is 0 Å². The Bertz CT molecular complexity index is 597. The second kappa shape index (κ2) is 5.70. The summed E-state index contributed by atoms with van der Waals surface area (Å²) < 4.78 is 25.1. The van der Waals surface area contributed by atoms with E-state index in [1.54, 1.807) is 24.3 Å². The molecule has 0 aliphatic heterocycles. The number of carbonyl (C=O) groups is 1. The van der Waals surface area contributed by atoms with E-state index in [4.69, 9.17) is 0 Å². The maximum Gasteiger partial charge on any atom is 0.315 e. The first-order valence-electron chi connectivity index (χ1n) is 6.49. The molecule has 2 amide bonds. The highest BCUT2D eigenvalue weighted by Crippen LogP contribution is 2.23. The van der Waals surface area contributed by atoms with E-state index in [0.717, 1.165) is 24.7 Å². The molecule has 1 aromatic carbocycles. The van der Waals surface area contributed by atoms with Gasteiger partial charge < -0.3 is 10.6 Å². The Morgan fingerprint density at radius 2 is 1.95 bits per heavy atom. The largest absolute Gasteiger partial charge is 0.335 e. The quantitative estimate of drug-likeness (QED) is 0.771. The van der Waals surface area contributed by atoms with Crippen LogP contribution in [0, 0.1) is 0 Å². The Balaban J connectivity index is 2.08. The standard InChI is InChI=1S/C13H19N3O3S/c1-9(14-13(17)15-10-7-8-10)11-5-3-4-6-12(11)16-20(2,18)19/h3-6,9-10,16H,7-8H2,1-2H3,(H2,14,15,17). The van der Waals surface area contributed by atoms with Gasteiger partial charge in [0, 0.05) is 6.04 Å². The number of urea groups is 1. The van der Waals surface area contributed by atoms with Crippen LogP contribution in [0.1, 0.15) is 31.4 Å². The maximum absolute atomic E-state index is 11.7. The van der Waals surface area contributed by atoms with Crippen LogP contribution >= 0.6 is 0 Å². The van der Waals surface area contributed by atoms with Crippen molar-refractivity contribution in [1.29, 1.82) is 0 Å². The van der Waals surface area contributed by atoms with Crippen LogP contribution in [0.3, 0.4) is 0 Å². The Morgan fingerprint density at radius 3 is 2.55 bits per heavy atom. The van der Waals surface area contributed by atoms with Crippen molar-refractivity contribution in [2.75, 3.05) is 11.0 Å². The molecule has 7 heteroatoms. The highest BCUT2D eigenvalue weighted by molar-refractivity contribution is 7.92. The Labute approximate surface area is 119 Å². The molecule has 1 fully saturated rings. The predicted octanol–water partition coefficient (Wildman–Crippen LogP) is 1.58. The third-order valence-electron chi connectivity index (χ3n) is 2.98. The van der Waals surface area contributed by atoms with Crippen LogP contribution in [0.4, 0.5) is 10.5 Å². The molecule has 3 N–H and O–H groups in total. The summed E-state index contributed by atoms with van der Waals surface area (Å²) in [4.78, 5) is 11.7. The molecule has 1 aliphatic rings. The first-order valence-corrected chi connectivity index (χ1v) is 8.38. The van der Waals surface area contributed by atoms with Gasteiger partial charge in [0.1, 0.15) is 0 Å². The van der Waals surface area contributed by atoms with Crippen LogP contribution in [-0.2, 0) is 10.0 Å². The van der Waals surface area contributed by atoms with E-state index < -0.39 is 10.0 Å². The molecule has 0 saturated heterocycles. The zero-order valence-electron chi connectivity index (χ0n) is 11.5. The number of rotatable bonds is 5. The molecule has 1 saturated carbocycles. The summed E-state index contributed by atoms with van der Waals surface area (Å²) in [6, 6.07) is 6.77. The van der Waals surface area contributed by atoms with Gasteiger partial charge in [0.25, 0.3) is 0 Å². The predicted molar refractivity (Wildman–Crippen MR) is 78.0 cm³/mol. The zero-order chi connectivity index (χ0) is 14.8. The number of carbonyl (C=O) groups excluding carboxylic acids is 1. The summed E-state index contributed by atoms with van der Waals surface area (Å²) in [6.45, 7) is 1.81. The van der Waals surface area contributed by atoms with Crippen LogP contribution in [0.15, 0.2) is 24.3 Å². The molecule has 0 bridgehead atoms. The van der Waals surface area contributed by atoms with E-state index in [2.05, 4.69) is 15.4 Å². The van der Waals surface area contributed by atoms with Crippen molar-refractivity contribution in [1.82, 2.24) is 10.6 Å². The number of hydrogen-bond acceptors (Lipinski definition) is 3. The van der Waals surface area contributed by atoms with Crippen LogP contribution < -0.4 is 15.4 Å². The summed E-state index contributed by atoms with van der Waals surface area (Å²) in [7, 11) is -3.35. The number of amides is 2. The van der Waals surface area contributed by atoms with Gasteiger partial charge in [-0.3, -0.25) is 4.72 Å². The minimum Gasteiger partial charge on any atom is -0.335 e. The minimum atomic E-state index is -3.35. The van der Waals surface area contributed by atoms with Gasteiger partial charge in [-0.25, -0.2) is 13.2 Å². The fourth-order valence-corrected chi connectivity index (χ4v) is 2.48. The minimum absolute atomic E-state index is 0.228. The first kappa shape index (κ1) is 14.6. The van der Waals surface area contributed by atoms with Crippen LogP contribution in [0.25, 0.3) is 0 Å². The highest BCUT2D eigenvalue weighted by Gasteiger charge is 2.24. The molecule has 20 heavy (non-hydrogen) atoms. The fraction of sp³-hybridized carbons (Fsp3) is 0.462. The molecule has 6 nitrogen and oxygen atoms in total. The van der Waals surface area contributed by atoms with E-state index in [0.29, 0.717) is 5.69 Å². The monoisotopic (exact) mass is 297 g/mol. The molecular weight excluding hydrogens is 278 g/mol. The normalized spacial score (nSPS) is 16.3. The van der Waals surface area contributed by atoms with Crippen molar-refractivity contribution in [3.05, 3.63) is 29.8 Å². The van der Waals surface area contributed by atoms with Gasteiger partial charge in [-0.1, -0.05) is 18.2 Å². The maximum atomic E-state index is 11.7. The van der Waals surface area contributed by atoms with Crippen LogP contribution in [-0.4, -0.2) is 26.7 Å². The second-order valence-electron chi connectivity index (χ2n) is 5.08. The summed E-state index contributed by atoms with van der Waals surface area (Å²) in [6.07, 6.45) is 3.14. The zero-order valence-corrected chi connectivity index (χ0v) is 12.3. The van der Waals surface area contributed by atoms with Crippen molar-refractivity contribution >= 4 is 21.7 Å². The van der Waals surface area contributed by atoms with Crippen molar-refractivity contribution in [2.45, 2.75) is 31.8 Å². The van der Waals surface area contributed by atoms with Crippen molar-refractivity contribution in [2.24, 2.45) is 0 Å². The lowest BCUT2D eigenvalue weighted by atomic mass is 10.1. The third-order valence-corrected chi connectivity index (χ3v) is 3.57. The number of nitrogens with one attached hydrogen (secondary N) is 3. The molecule has 110 valence electrons. The fourth-order valence-electron chi connectivity index (χ4n) is 1.90. The highest BCUT2D eigenvalue weighted by atomic mass is 32.2. The Hall–Kier alpha value is -1.76. The van der Waals surface area contributed by atoms with Gasteiger partial charge in [0.2, 0.25) is 10.0 Å². The van der Waals surface area contributed by atoms with E-state index in [-0.39, 0.29) is 18.1 Å². The Morgan fingerprint density at radius 1 is 1.30 bits per heavy atom. The second-order valence-corrected chi connectivity index (χ2v) is 6.82. The number of hydrogen-bond donors (Lipinski definition) is 3. The van der Waals surface area contributed by atoms with E-state index in [9.17, 15) is 13.2 Å². The summed E-state index contributed by atoms with van der Waals surface area (Å²) in [5, 5.41) is 5.64. The lowest BCUT2D eigenvalue weighted by molar-refractivity contribution is 0.237. The smallest absolute Gasteiger partial charge is 0.315 e. The lowest BCUT2D eigenvalue weighted by Crippen LogP contribution is -2.38. The first-order chi connectivity index (χ1) is 9.35. The van der Waals surface area contributed by atoms with Crippen molar-refractivity contribution in [3.8, 4) is 0 Å². The number of benzene rings is 1. The molecule has 1 atom stereocenters. The summed E-state index contributed by atoms with van der Waals surface area (Å²) in [5.41, 5.74) is 1.21. The van der Waals surface area contributed by atoms with Crippen molar-refractivity contribution in [3.63, 3.8) is 0 Å². The number of para-hydroxylation sites is 1. The molecule has 0 aromatic heterocycles. The lowest BCUT2D eigenvalue weighted by Gasteiger charge is -2.18. The van der Waals surface area contributed by atoms with Gasteiger partial charge in [-0.15, -0.1) is 0 Å². The molecule has 0 heterocycles. The van der Waals surface area contributed by atoms with Crippen molar-refractivity contribution < 1.29 is 13.2 Å². The average Bonchev–Trinajstić information content (AvgIpc) is 3.11. The topological polar surface area (TPSA) is 87.3 Å². The molecule has 1 aliphatic carbocycles. The van der Waals surface area contributed by atoms with Gasteiger partial charge >= 0.3 is 6.03 Å². The van der Waals surface area contributed by atoms with E-state index in [1.165, 1.54) is 0 Å². The van der Waals surface area contributed by atoms with Gasteiger partial charge in [-0.2, -0.15) is 0 Å². The number of sulfonamides is 1. The molecule has 0 spiro atoms. The van der Waals surface area contributed by atoms with Gasteiger partial charge in [-0.05, 0) is 31.4 Å². The Kier molecular flexibility index (Phi) is 4.17. The molecule has 2 rings (SSSR count). The summed E-state index contributed by atoms with van der Waals surface area (Å²) >= 11 is 0.